The molecule has 1 atom stereocenters. The smallest absolute Gasteiger partial charge is 0.374 e. The molecule has 22 heavy (non-hydrogen) atoms. The summed E-state index contributed by atoms with van der Waals surface area (Å²) in [4.78, 5) is 11.9. The molecule has 0 spiro atoms. The number of esters is 1. The van der Waals surface area contributed by atoms with E-state index in [1.165, 1.54) is 19.7 Å². The Kier molecular flexibility index (Phi) is 3.76. The summed E-state index contributed by atoms with van der Waals surface area (Å²) >= 11 is 0. The fraction of sp³-hybridized carbons (Fsp3) is 0.214. The van der Waals surface area contributed by atoms with Crippen LogP contribution in [0.5, 0.6) is 0 Å². The number of rotatable bonds is 4. The zero-order chi connectivity index (χ0) is 15.7. The molecule has 0 fully saturated rings. The Balaban J connectivity index is 2.14. The molecule has 2 aromatic heterocycles. The third kappa shape index (κ3) is 2.41. The molecule has 0 aliphatic rings. The summed E-state index contributed by atoms with van der Waals surface area (Å²) in [5.74, 6) is -0.427. The van der Waals surface area contributed by atoms with Gasteiger partial charge in [-0.2, -0.15) is 0 Å². The molecule has 114 valence electrons. The van der Waals surface area contributed by atoms with Crippen LogP contribution in [0.4, 0.5) is 0 Å². The van der Waals surface area contributed by atoms with E-state index in [1.807, 2.05) is 18.2 Å². The van der Waals surface area contributed by atoms with Crippen molar-refractivity contribution in [2.45, 2.75) is 11.7 Å². The van der Waals surface area contributed by atoms with Crippen LogP contribution in [0.3, 0.4) is 0 Å². The van der Waals surface area contributed by atoms with Gasteiger partial charge in [0.25, 0.3) is 0 Å². The monoisotopic (exact) mass is 319 g/mol. The number of carbonyl (C=O) groups excluding carboxylic acids is 1. The summed E-state index contributed by atoms with van der Waals surface area (Å²) in [6, 6.07) is 7.30. The number of aromatic nitrogens is 3. The van der Waals surface area contributed by atoms with Gasteiger partial charge in [-0.3, -0.25) is 4.21 Å². The maximum Gasteiger partial charge on any atom is 0.374 e. The Labute approximate surface area is 128 Å². The zero-order valence-electron chi connectivity index (χ0n) is 12.0. The molecule has 1 aromatic carbocycles. The van der Waals surface area contributed by atoms with Crippen LogP contribution >= 0.6 is 0 Å². The number of hydrogen-bond donors (Lipinski definition) is 0. The Bertz CT molecular complexity index is 868. The maximum atomic E-state index is 11.9. The Morgan fingerprint density at radius 1 is 1.41 bits per heavy atom. The zero-order valence-corrected chi connectivity index (χ0v) is 12.8. The number of hydrogen-bond acceptors (Lipinski definition) is 6. The number of methoxy groups -OCH3 is 1. The molecule has 7 nitrogen and oxygen atoms in total. The first kappa shape index (κ1) is 14.5. The van der Waals surface area contributed by atoms with Crippen LogP contribution in [0.2, 0.25) is 0 Å². The lowest BCUT2D eigenvalue weighted by Gasteiger charge is -2.05. The highest BCUT2D eigenvalue weighted by Crippen LogP contribution is 2.27. The number of nitrogens with zero attached hydrogens (tertiary/aromatic N) is 3. The molecule has 0 amide bonds. The lowest BCUT2D eigenvalue weighted by Crippen LogP contribution is -2.09. The molecule has 3 aromatic rings. The molecule has 0 radical (unpaired) electrons. The predicted octanol–water partition coefficient (Wildman–Crippen LogP) is 1.60. The van der Waals surface area contributed by atoms with Gasteiger partial charge < -0.3 is 13.7 Å². The normalized spacial score (nSPS) is 12.5. The van der Waals surface area contributed by atoms with Gasteiger partial charge >= 0.3 is 5.97 Å². The second-order valence-corrected chi connectivity index (χ2v) is 5.87. The maximum absolute atomic E-state index is 11.9. The van der Waals surface area contributed by atoms with E-state index in [4.69, 9.17) is 9.15 Å². The topological polar surface area (TPSA) is 87.2 Å². The van der Waals surface area contributed by atoms with E-state index in [1.54, 1.807) is 10.6 Å². The van der Waals surface area contributed by atoms with Crippen LogP contribution in [-0.2, 0) is 22.1 Å². The van der Waals surface area contributed by atoms with E-state index in [9.17, 15) is 9.00 Å². The lowest BCUT2D eigenvalue weighted by molar-refractivity contribution is 0.0565. The van der Waals surface area contributed by atoms with E-state index < -0.39 is 16.8 Å². The number of para-hydroxylation sites is 1. The molecule has 0 aliphatic carbocycles. The standard InChI is InChI=1S/C14H13N3O4S/c1-20-13(18)12-10(9-5-3-4-6-11(9)21-12)7-17-8-15-16-14(17)22(2)19/h3-6,8H,7H2,1-2H3/t22-/m0/s1. The second-order valence-electron chi connectivity index (χ2n) is 4.59. The molecule has 3 rings (SSSR count). The first-order valence-corrected chi connectivity index (χ1v) is 7.97. The number of furan rings is 1. The summed E-state index contributed by atoms with van der Waals surface area (Å²) in [5, 5.41) is 8.74. The predicted molar refractivity (Wildman–Crippen MR) is 79.0 cm³/mol. The molecule has 0 N–H and O–H groups in total. The van der Waals surface area contributed by atoms with Crippen LogP contribution in [0.15, 0.2) is 40.2 Å². The van der Waals surface area contributed by atoms with Crippen molar-refractivity contribution in [2.75, 3.05) is 13.4 Å². The fourth-order valence-electron chi connectivity index (χ4n) is 2.26. The van der Waals surface area contributed by atoms with Gasteiger partial charge in [0.15, 0.2) is 0 Å². The van der Waals surface area contributed by atoms with Crippen LogP contribution < -0.4 is 0 Å². The fourth-order valence-corrected chi connectivity index (χ4v) is 2.86. The first-order chi connectivity index (χ1) is 10.6. The van der Waals surface area contributed by atoms with Crippen LogP contribution in [0.1, 0.15) is 16.1 Å². The van der Waals surface area contributed by atoms with Gasteiger partial charge in [0, 0.05) is 17.2 Å². The largest absolute Gasteiger partial charge is 0.463 e. The van der Waals surface area contributed by atoms with Crippen molar-refractivity contribution in [2.24, 2.45) is 0 Å². The molecule has 0 saturated carbocycles. The molecule has 0 saturated heterocycles. The summed E-state index contributed by atoms with van der Waals surface area (Å²) in [5.41, 5.74) is 1.24. The third-order valence-corrected chi connectivity index (χ3v) is 4.07. The van der Waals surface area contributed by atoms with E-state index in [0.29, 0.717) is 16.3 Å². The number of fused-ring (bicyclic) bond motifs is 1. The molecule has 0 bridgehead atoms. The number of benzene rings is 1. The SMILES string of the molecule is COC(=O)c1oc2ccccc2c1Cn1cnnc1[S@](C)=O. The van der Waals surface area contributed by atoms with Gasteiger partial charge in [-0.05, 0) is 6.07 Å². The molecular weight excluding hydrogens is 306 g/mol. The average Bonchev–Trinajstić information content (AvgIpc) is 3.12. The Hall–Kier alpha value is -2.48. The van der Waals surface area contributed by atoms with Gasteiger partial charge in [0.05, 0.1) is 24.5 Å². The highest BCUT2D eigenvalue weighted by Gasteiger charge is 2.22. The molecule has 2 heterocycles. The van der Waals surface area contributed by atoms with Gasteiger partial charge in [-0.1, -0.05) is 18.2 Å². The first-order valence-electron chi connectivity index (χ1n) is 6.41. The Morgan fingerprint density at radius 3 is 2.91 bits per heavy atom. The van der Waals surface area contributed by atoms with Crippen molar-refractivity contribution in [3.05, 3.63) is 41.9 Å². The van der Waals surface area contributed by atoms with Crippen molar-refractivity contribution >= 4 is 27.7 Å². The quantitative estimate of drug-likeness (QED) is 0.679. The van der Waals surface area contributed by atoms with Crippen LogP contribution in [0, 0.1) is 0 Å². The van der Waals surface area contributed by atoms with Crippen molar-refractivity contribution in [1.29, 1.82) is 0 Å². The highest BCUT2D eigenvalue weighted by atomic mass is 32.2. The van der Waals surface area contributed by atoms with Gasteiger partial charge in [0.1, 0.15) is 11.9 Å². The minimum Gasteiger partial charge on any atom is -0.463 e. The van der Waals surface area contributed by atoms with Crippen molar-refractivity contribution in [1.82, 2.24) is 14.8 Å². The minimum absolute atomic E-state index is 0.130. The van der Waals surface area contributed by atoms with E-state index >= 15 is 0 Å². The number of carbonyl (C=O) groups is 1. The van der Waals surface area contributed by atoms with Crippen molar-refractivity contribution < 1.29 is 18.2 Å². The summed E-state index contributed by atoms with van der Waals surface area (Å²) < 4.78 is 23.7. The van der Waals surface area contributed by atoms with E-state index in [2.05, 4.69) is 10.2 Å². The van der Waals surface area contributed by atoms with E-state index in [-0.39, 0.29) is 12.3 Å². The van der Waals surface area contributed by atoms with Crippen LogP contribution in [-0.4, -0.2) is 38.3 Å². The summed E-state index contributed by atoms with van der Waals surface area (Å²) in [6.45, 7) is 0.267. The van der Waals surface area contributed by atoms with Gasteiger partial charge in [0.2, 0.25) is 10.9 Å². The van der Waals surface area contributed by atoms with Gasteiger partial charge in [-0.15, -0.1) is 10.2 Å². The summed E-state index contributed by atoms with van der Waals surface area (Å²) in [6.07, 6.45) is 2.99. The Morgan fingerprint density at radius 2 is 2.18 bits per heavy atom. The molecular formula is C14H13N3O4S. The van der Waals surface area contributed by atoms with Crippen LogP contribution in [0.25, 0.3) is 11.0 Å². The third-order valence-electron chi connectivity index (χ3n) is 3.23. The highest BCUT2D eigenvalue weighted by molar-refractivity contribution is 7.84. The second kappa shape index (κ2) is 5.72. The molecule has 0 unspecified atom stereocenters. The molecule has 0 aliphatic heterocycles. The summed E-state index contributed by atoms with van der Waals surface area (Å²) in [7, 11) is 0.0151. The van der Waals surface area contributed by atoms with Crippen molar-refractivity contribution in [3.8, 4) is 0 Å². The van der Waals surface area contributed by atoms with Gasteiger partial charge in [-0.25, -0.2) is 4.79 Å². The minimum atomic E-state index is -1.28. The lowest BCUT2D eigenvalue weighted by atomic mass is 10.1. The van der Waals surface area contributed by atoms with E-state index in [0.717, 1.165) is 5.39 Å². The average molecular weight is 319 g/mol. The molecule has 8 heteroatoms. The van der Waals surface area contributed by atoms with Crippen molar-refractivity contribution in [3.63, 3.8) is 0 Å². The number of ether oxygens (including phenoxy) is 1.